The van der Waals surface area contributed by atoms with Gasteiger partial charge in [0.25, 0.3) is 5.91 Å². The number of benzene rings is 1. The number of thioether (sulfide) groups is 1. The molecule has 1 aromatic carbocycles. The molecule has 0 radical (unpaired) electrons. The zero-order valence-electron chi connectivity index (χ0n) is 16.0. The average Bonchev–Trinajstić information content (AvgIpc) is 3.18. The highest BCUT2D eigenvalue weighted by Crippen LogP contribution is 2.27. The van der Waals surface area contributed by atoms with Gasteiger partial charge in [-0.25, -0.2) is 4.79 Å². The van der Waals surface area contributed by atoms with Crippen LogP contribution < -0.4 is 16.2 Å². The molecule has 8 nitrogen and oxygen atoms in total. The van der Waals surface area contributed by atoms with Gasteiger partial charge in [0, 0.05) is 17.9 Å². The fraction of sp³-hybridized carbons (Fsp3) is 0.474. The average molecular weight is 404 g/mol. The first-order valence-corrected chi connectivity index (χ1v) is 10.2. The summed E-state index contributed by atoms with van der Waals surface area (Å²) in [5, 5.41) is 2.55. The van der Waals surface area contributed by atoms with E-state index in [2.05, 4.69) is 28.3 Å². The Bertz CT molecular complexity index is 824. The zero-order valence-corrected chi connectivity index (χ0v) is 16.8. The number of carbonyl (C=O) groups excluding carboxylic acids is 4. The number of fused-ring (bicyclic) bond motifs is 1. The minimum Gasteiger partial charge on any atom is -0.324 e. The predicted molar refractivity (Wildman–Crippen MR) is 104 cm³/mol. The third-order valence-electron chi connectivity index (χ3n) is 4.79. The molecular formula is C19H24N4O4S. The highest BCUT2D eigenvalue weighted by Gasteiger charge is 2.43. The van der Waals surface area contributed by atoms with Gasteiger partial charge in [0.2, 0.25) is 11.8 Å². The summed E-state index contributed by atoms with van der Waals surface area (Å²) in [4.78, 5) is 49.6. The van der Waals surface area contributed by atoms with Crippen molar-refractivity contribution in [2.75, 3.05) is 12.3 Å². The van der Waals surface area contributed by atoms with Gasteiger partial charge in [-0.1, -0.05) is 6.07 Å². The number of urea groups is 1. The Morgan fingerprint density at radius 3 is 2.57 bits per heavy atom. The minimum atomic E-state index is -0.962. The molecule has 1 heterocycles. The number of imide groups is 1. The van der Waals surface area contributed by atoms with Crippen molar-refractivity contribution in [3.63, 3.8) is 0 Å². The molecule has 3 N–H and O–H groups in total. The summed E-state index contributed by atoms with van der Waals surface area (Å²) < 4.78 is 0. The molecule has 0 atom stereocenters. The van der Waals surface area contributed by atoms with E-state index >= 15 is 0 Å². The molecule has 1 aliphatic carbocycles. The quantitative estimate of drug-likeness (QED) is 0.374. The van der Waals surface area contributed by atoms with Crippen LogP contribution in [0.1, 0.15) is 37.8 Å². The van der Waals surface area contributed by atoms with Gasteiger partial charge in [-0.2, -0.15) is 0 Å². The van der Waals surface area contributed by atoms with E-state index in [0.29, 0.717) is 0 Å². The molecule has 0 saturated carbocycles. The van der Waals surface area contributed by atoms with Gasteiger partial charge in [0.1, 0.15) is 5.54 Å². The lowest BCUT2D eigenvalue weighted by Gasteiger charge is -2.15. The van der Waals surface area contributed by atoms with Gasteiger partial charge in [0.05, 0.1) is 5.75 Å². The van der Waals surface area contributed by atoms with Gasteiger partial charge in [-0.15, -0.1) is 11.8 Å². The van der Waals surface area contributed by atoms with Crippen molar-refractivity contribution in [1.29, 1.82) is 0 Å². The number of amides is 5. The van der Waals surface area contributed by atoms with E-state index in [9.17, 15) is 19.2 Å². The molecule has 0 unspecified atom stereocenters. The van der Waals surface area contributed by atoms with Gasteiger partial charge in [-0.05, 0) is 56.4 Å². The van der Waals surface area contributed by atoms with Crippen molar-refractivity contribution in [3.8, 4) is 0 Å². The number of hydrogen-bond acceptors (Lipinski definition) is 5. The fourth-order valence-electron chi connectivity index (χ4n) is 3.26. The number of nitrogens with zero attached hydrogens (tertiary/aromatic N) is 1. The molecule has 1 aliphatic heterocycles. The Balaban J connectivity index is 1.37. The Kier molecular flexibility index (Phi) is 5.93. The Hall–Kier alpha value is -2.55. The highest BCUT2D eigenvalue weighted by molar-refractivity contribution is 8.00. The molecule has 150 valence electrons. The summed E-state index contributed by atoms with van der Waals surface area (Å²) in [5.74, 6) is -0.989. The van der Waals surface area contributed by atoms with E-state index in [1.54, 1.807) is 13.8 Å². The molecule has 5 amide bonds. The zero-order chi connectivity index (χ0) is 20.3. The standard InChI is InChI=1S/C19H24N4O4S/c1-19(2)17(26)23(18(27)20-19)9-8-15(24)21-22-16(25)11-28-14-7-6-12-4-3-5-13(12)10-14/h6-7,10H,3-5,8-9,11H2,1-2H3,(H,20,27)(H,21,24)(H,22,25). The first-order chi connectivity index (χ1) is 13.3. The van der Waals surface area contributed by atoms with Gasteiger partial charge >= 0.3 is 6.03 Å². The van der Waals surface area contributed by atoms with E-state index in [1.165, 1.54) is 29.3 Å². The van der Waals surface area contributed by atoms with Crippen LogP contribution in [0.5, 0.6) is 0 Å². The van der Waals surface area contributed by atoms with Crippen LogP contribution in [0.3, 0.4) is 0 Å². The van der Waals surface area contributed by atoms with Crippen molar-refractivity contribution in [3.05, 3.63) is 29.3 Å². The molecule has 3 rings (SSSR count). The number of hydrogen-bond donors (Lipinski definition) is 3. The second kappa shape index (κ2) is 8.22. The molecular weight excluding hydrogens is 380 g/mol. The molecule has 2 aliphatic rings. The van der Waals surface area contributed by atoms with Gasteiger partial charge < -0.3 is 5.32 Å². The molecule has 9 heteroatoms. The summed E-state index contributed by atoms with van der Waals surface area (Å²) in [5.41, 5.74) is 6.44. The lowest BCUT2D eigenvalue weighted by atomic mass is 10.1. The maximum atomic E-state index is 12.0. The molecule has 1 fully saturated rings. The topological polar surface area (TPSA) is 108 Å². The minimum absolute atomic E-state index is 0.0420. The van der Waals surface area contributed by atoms with Crippen LogP contribution in [0.15, 0.2) is 23.1 Å². The number of rotatable bonds is 6. The smallest absolute Gasteiger partial charge is 0.324 e. The molecule has 1 aromatic rings. The highest BCUT2D eigenvalue weighted by atomic mass is 32.2. The predicted octanol–water partition coefficient (Wildman–Crippen LogP) is 1.14. The van der Waals surface area contributed by atoms with Crippen LogP contribution in [0.2, 0.25) is 0 Å². The van der Waals surface area contributed by atoms with Crippen molar-refractivity contribution >= 4 is 35.5 Å². The molecule has 0 aromatic heterocycles. The summed E-state index contributed by atoms with van der Waals surface area (Å²) in [6, 6.07) is 5.73. The van der Waals surface area contributed by atoms with Crippen LogP contribution in [0.4, 0.5) is 4.79 Å². The molecule has 0 bridgehead atoms. The first-order valence-electron chi connectivity index (χ1n) is 9.22. The maximum absolute atomic E-state index is 12.0. The van der Waals surface area contributed by atoms with Crippen molar-refractivity contribution in [1.82, 2.24) is 21.1 Å². The summed E-state index contributed by atoms with van der Waals surface area (Å²) in [6.45, 7) is 3.16. The molecule has 28 heavy (non-hydrogen) atoms. The van der Waals surface area contributed by atoms with E-state index in [1.807, 2.05) is 6.07 Å². The molecule has 0 spiro atoms. The Morgan fingerprint density at radius 2 is 1.86 bits per heavy atom. The second-order valence-corrected chi connectivity index (χ2v) is 8.48. The van der Waals surface area contributed by atoms with Gasteiger partial charge in [0.15, 0.2) is 0 Å². The normalized spacial score (nSPS) is 17.3. The third kappa shape index (κ3) is 4.64. The van der Waals surface area contributed by atoms with Crippen LogP contribution in [-0.2, 0) is 27.2 Å². The Morgan fingerprint density at radius 1 is 1.14 bits per heavy atom. The van der Waals surface area contributed by atoms with Crippen LogP contribution in [-0.4, -0.2) is 46.5 Å². The number of carbonyl (C=O) groups is 4. The summed E-state index contributed by atoms with van der Waals surface area (Å²) in [7, 11) is 0. The SMILES string of the molecule is CC1(C)NC(=O)N(CCC(=O)NNC(=O)CSc2ccc3c(c2)CCC3)C1=O. The first kappa shape index (κ1) is 20.2. The van der Waals surface area contributed by atoms with Crippen molar-refractivity contribution < 1.29 is 19.2 Å². The molecule has 1 saturated heterocycles. The lowest BCUT2D eigenvalue weighted by molar-refractivity contribution is -0.131. The number of hydrazine groups is 1. The van der Waals surface area contributed by atoms with Crippen LogP contribution in [0, 0.1) is 0 Å². The van der Waals surface area contributed by atoms with Crippen molar-refractivity contribution in [2.24, 2.45) is 0 Å². The fourth-order valence-corrected chi connectivity index (χ4v) is 4.02. The summed E-state index contributed by atoms with van der Waals surface area (Å²) in [6.07, 6.45) is 3.29. The number of aryl methyl sites for hydroxylation is 2. The van der Waals surface area contributed by atoms with Crippen molar-refractivity contribution in [2.45, 2.75) is 50.0 Å². The maximum Gasteiger partial charge on any atom is 0.325 e. The van der Waals surface area contributed by atoms with Crippen LogP contribution in [0.25, 0.3) is 0 Å². The number of nitrogens with one attached hydrogen (secondary N) is 3. The van der Waals surface area contributed by atoms with E-state index in [0.717, 1.165) is 22.6 Å². The van der Waals surface area contributed by atoms with Crippen LogP contribution >= 0.6 is 11.8 Å². The lowest BCUT2D eigenvalue weighted by Crippen LogP contribution is -2.44. The van der Waals surface area contributed by atoms with Gasteiger partial charge in [-0.3, -0.25) is 30.1 Å². The summed E-state index contributed by atoms with van der Waals surface area (Å²) >= 11 is 1.41. The largest absolute Gasteiger partial charge is 0.325 e. The van der Waals surface area contributed by atoms with E-state index in [4.69, 9.17) is 0 Å². The van der Waals surface area contributed by atoms with E-state index in [-0.39, 0.29) is 30.5 Å². The third-order valence-corrected chi connectivity index (χ3v) is 5.78. The van der Waals surface area contributed by atoms with E-state index < -0.39 is 17.5 Å². The second-order valence-electron chi connectivity index (χ2n) is 7.43. The monoisotopic (exact) mass is 404 g/mol. The Labute approximate surface area is 167 Å².